The highest BCUT2D eigenvalue weighted by atomic mass is 32.2. The number of nitrogens with one attached hydrogen (secondary N) is 1. The van der Waals surface area contributed by atoms with Gasteiger partial charge >= 0.3 is 5.97 Å². The van der Waals surface area contributed by atoms with Crippen LogP contribution in [0.2, 0.25) is 0 Å². The minimum Gasteiger partial charge on any atom is -0.478 e. The van der Waals surface area contributed by atoms with E-state index in [2.05, 4.69) is 4.98 Å². The van der Waals surface area contributed by atoms with E-state index in [9.17, 15) is 9.90 Å². The third-order valence-corrected chi connectivity index (χ3v) is 4.02. The van der Waals surface area contributed by atoms with Gasteiger partial charge in [-0.05, 0) is 18.2 Å². The van der Waals surface area contributed by atoms with E-state index in [-0.39, 0.29) is 0 Å². The van der Waals surface area contributed by atoms with Crippen molar-refractivity contribution in [1.29, 1.82) is 0 Å². The summed E-state index contributed by atoms with van der Waals surface area (Å²) >= 11 is 1.47. The molecule has 4 heteroatoms. The van der Waals surface area contributed by atoms with Crippen LogP contribution in [0.15, 0.2) is 64.5 Å². The van der Waals surface area contributed by atoms with Crippen molar-refractivity contribution in [2.75, 3.05) is 0 Å². The Balaban J connectivity index is 2.04. The molecule has 0 atom stereocenters. The second kappa shape index (κ2) is 4.82. The normalized spacial score (nSPS) is 10.7. The molecule has 94 valence electrons. The highest BCUT2D eigenvalue weighted by Gasteiger charge is 2.12. The zero-order chi connectivity index (χ0) is 13.2. The Kier molecular flexibility index (Phi) is 3.01. The highest BCUT2D eigenvalue weighted by molar-refractivity contribution is 7.99. The van der Waals surface area contributed by atoms with Gasteiger partial charge < -0.3 is 10.1 Å². The molecule has 19 heavy (non-hydrogen) atoms. The number of H-pyrrole nitrogens is 1. The van der Waals surface area contributed by atoms with Crippen molar-refractivity contribution < 1.29 is 9.90 Å². The fourth-order valence-corrected chi connectivity index (χ4v) is 3.03. The third kappa shape index (κ3) is 2.22. The Morgan fingerprint density at radius 3 is 2.58 bits per heavy atom. The molecule has 3 nitrogen and oxygen atoms in total. The summed E-state index contributed by atoms with van der Waals surface area (Å²) in [5.41, 5.74) is 1.38. The van der Waals surface area contributed by atoms with Gasteiger partial charge in [-0.25, -0.2) is 4.79 Å². The molecule has 0 aliphatic rings. The largest absolute Gasteiger partial charge is 0.478 e. The number of fused-ring (bicyclic) bond motifs is 1. The Morgan fingerprint density at radius 1 is 1.00 bits per heavy atom. The molecule has 3 rings (SSSR count). The van der Waals surface area contributed by atoms with Crippen molar-refractivity contribution >= 4 is 28.6 Å². The summed E-state index contributed by atoms with van der Waals surface area (Å²) in [4.78, 5) is 16.2. The Bertz CT molecular complexity index is 748. The number of carbonyl (C=O) groups is 1. The predicted molar refractivity (Wildman–Crippen MR) is 75.8 cm³/mol. The first-order valence-electron chi connectivity index (χ1n) is 5.82. The number of para-hydroxylation sites is 1. The van der Waals surface area contributed by atoms with Crippen LogP contribution in [-0.4, -0.2) is 16.1 Å². The molecule has 0 aliphatic heterocycles. The molecule has 0 saturated heterocycles. The topological polar surface area (TPSA) is 53.1 Å². The van der Waals surface area contributed by atoms with Crippen LogP contribution < -0.4 is 0 Å². The maximum atomic E-state index is 11.2. The van der Waals surface area contributed by atoms with Crippen LogP contribution >= 0.6 is 11.8 Å². The zero-order valence-electron chi connectivity index (χ0n) is 9.96. The number of aromatic nitrogens is 1. The minimum atomic E-state index is -0.900. The van der Waals surface area contributed by atoms with Crippen LogP contribution in [0.1, 0.15) is 10.4 Å². The summed E-state index contributed by atoms with van der Waals surface area (Å²) in [6.07, 6.45) is 1.91. The molecular formula is C15H11NO2S. The molecule has 0 radical (unpaired) electrons. The fourth-order valence-electron chi connectivity index (χ4n) is 1.98. The van der Waals surface area contributed by atoms with Crippen molar-refractivity contribution in [2.24, 2.45) is 0 Å². The molecule has 0 amide bonds. The number of carboxylic acids is 1. The average Bonchev–Trinajstić information content (AvgIpc) is 2.83. The van der Waals surface area contributed by atoms with Gasteiger partial charge in [0, 0.05) is 26.9 Å². The number of carboxylic acid groups (broad SMARTS) is 1. The van der Waals surface area contributed by atoms with Gasteiger partial charge in [-0.1, -0.05) is 42.1 Å². The van der Waals surface area contributed by atoms with Gasteiger partial charge in [0.1, 0.15) is 0 Å². The van der Waals surface area contributed by atoms with E-state index in [1.54, 1.807) is 12.1 Å². The summed E-state index contributed by atoms with van der Waals surface area (Å²) in [6.45, 7) is 0. The van der Waals surface area contributed by atoms with E-state index in [0.717, 1.165) is 20.7 Å². The first-order valence-corrected chi connectivity index (χ1v) is 6.63. The summed E-state index contributed by atoms with van der Waals surface area (Å²) in [6, 6.07) is 15.0. The second-order valence-electron chi connectivity index (χ2n) is 4.10. The van der Waals surface area contributed by atoms with E-state index >= 15 is 0 Å². The molecule has 2 aromatic carbocycles. The van der Waals surface area contributed by atoms with Gasteiger partial charge in [0.05, 0.1) is 5.56 Å². The van der Waals surface area contributed by atoms with Gasteiger partial charge in [-0.15, -0.1) is 0 Å². The van der Waals surface area contributed by atoms with E-state index in [0.29, 0.717) is 5.56 Å². The average molecular weight is 269 g/mol. The van der Waals surface area contributed by atoms with E-state index in [1.807, 2.05) is 42.6 Å². The van der Waals surface area contributed by atoms with Gasteiger partial charge in [0.25, 0.3) is 0 Å². The van der Waals surface area contributed by atoms with E-state index in [1.165, 1.54) is 11.8 Å². The summed E-state index contributed by atoms with van der Waals surface area (Å²) in [5, 5.41) is 10.3. The van der Waals surface area contributed by atoms with E-state index in [4.69, 9.17) is 0 Å². The van der Waals surface area contributed by atoms with Crippen molar-refractivity contribution in [2.45, 2.75) is 9.79 Å². The third-order valence-electron chi connectivity index (χ3n) is 2.89. The van der Waals surface area contributed by atoms with Crippen LogP contribution in [0.4, 0.5) is 0 Å². The first kappa shape index (κ1) is 11.9. The van der Waals surface area contributed by atoms with Crippen LogP contribution in [0, 0.1) is 0 Å². The predicted octanol–water partition coefficient (Wildman–Crippen LogP) is 4.02. The lowest BCUT2D eigenvalue weighted by molar-refractivity contribution is 0.0693. The SMILES string of the molecule is O=C(O)c1ccccc1Sc1c[nH]c2ccccc12. The maximum Gasteiger partial charge on any atom is 0.336 e. The van der Waals surface area contributed by atoms with Crippen molar-refractivity contribution in [3.8, 4) is 0 Å². The summed E-state index contributed by atoms with van der Waals surface area (Å²) in [7, 11) is 0. The lowest BCUT2D eigenvalue weighted by Crippen LogP contribution is -1.97. The van der Waals surface area contributed by atoms with Crippen LogP contribution in [0.3, 0.4) is 0 Å². The van der Waals surface area contributed by atoms with Gasteiger partial charge in [0.15, 0.2) is 0 Å². The van der Waals surface area contributed by atoms with Crippen molar-refractivity contribution in [3.05, 3.63) is 60.3 Å². The molecule has 0 unspecified atom stereocenters. The number of benzene rings is 2. The number of aromatic carboxylic acids is 1. The molecule has 3 aromatic rings. The number of rotatable bonds is 3. The molecule has 0 fully saturated rings. The van der Waals surface area contributed by atoms with Gasteiger partial charge in [0.2, 0.25) is 0 Å². The fraction of sp³-hybridized carbons (Fsp3) is 0. The van der Waals surface area contributed by atoms with Crippen LogP contribution in [0.25, 0.3) is 10.9 Å². The molecule has 0 saturated carbocycles. The van der Waals surface area contributed by atoms with Crippen molar-refractivity contribution in [1.82, 2.24) is 4.98 Å². The summed E-state index contributed by atoms with van der Waals surface area (Å²) in [5.74, 6) is -0.900. The molecule has 2 N–H and O–H groups in total. The lowest BCUT2D eigenvalue weighted by Gasteiger charge is -2.04. The number of aromatic amines is 1. The Labute approximate surface area is 114 Å². The standard InChI is InChI=1S/C15H11NO2S/c17-15(18)11-6-2-4-8-13(11)19-14-9-16-12-7-3-1-5-10(12)14/h1-9,16H,(H,17,18). The second-order valence-corrected chi connectivity index (χ2v) is 5.19. The Hall–Kier alpha value is -2.20. The Morgan fingerprint density at radius 2 is 1.74 bits per heavy atom. The zero-order valence-corrected chi connectivity index (χ0v) is 10.8. The molecular weight excluding hydrogens is 258 g/mol. The molecule has 0 aliphatic carbocycles. The highest BCUT2D eigenvalue weighted by Crippen LogP contribution is 2.35. The maximum absolute atomic E-state index is 11.2. The number of hydrogen-bond donors (Lipinski definition) is 2. The van der Waals surface area contributed by atoms with Crippen LogP contribution in [0.5, 0.6) is 0 Å². The first-order chi connectivity index (χ1) is 9.25. The smallest absolute Gasteiger partial charge is 0.336 e. The monoisotopic (exact) mass is 269 g/mol. The van der Waals surface area contributed by atoms with Gasteiger partial charge in [-0.2, -0.15) is 0 Å². The van der Waals surface area contributed by atoms with Crippen molar-refractivity contribution in [3.63, 3.8) is 0 Å². The summed E-state index contributed by atoms with van der Waals surface area (Å²) < 4.78 is 0. The quantitative estimate of drug-likeness (QED) is 0.755. The number of hydrogen-bond acceptors (Lipinski definition) is 2. The lowest BCUT2D eigenvalue weighted by atomic mass is 10.2. The molecule has 0 bridgehead atoms. The van der Waals surface area contributed by atoms with Gasteiger partial charge in [-0.3, -0.25) is 0 Å². The minimum absolute atomic E-state index is 0.331. The molecule has 1 aromatic heterocycles. The van der Waals surface area contributed by atoms with Crippen LogP contribution in [-0.2, 0) is 0 Å². The molecule has 1 heterocycles. The molecule has 0 spiro atoms. The van der Waals surface area contributed by atoms with E-state index < -0.39 is 5.97 Å².